The molecular weight excluding hydrogens is 248 g/mol. The van der Waals surface area contributed by atoms with Gasteiger partial charge in [-0.25, -0.2) is 0 Å². The van der Waals surface area contributed by atoms with Gasteiger partial charge in [-0.05, 0) is 38.6 Å². The molecule has 102 valence electrons. The number of aryl methyl sites for hydroxylation is 1. The SMILES string of the molecule is CCOCCCNC(=S)N(C)Cc1ccoc1C. The van der Waals surface area contributed by atoms with Gasteiger partial charge in [-0.2, -0.15) is 0 Å². The Kier molecular flexibility index (Phi) is 6.75. The minimum absolute atomic E-state index is 0.757. The molecule has 1 aromatic rings. The van der Waals surface area contributed by atoms with Crippen LogP contribution in [0, 0.1) is 6.92 Å². The van der Waals surface area contributed by atoms with Gasteiger partial charge < -0.3 is 19.4 Å². The number of ether oxygens (including phenoxy) is 1. The summed E-state index contributed by atoms with van der Waals surface area (Å²) in [6.45, 7) is 7.11. The molecule has 5 heteroatoms. The van der Waals surface area contributed by atoms with Crippen LogP contribution in [0.25, 0.3) is 0 Å². The fourth-order valence-electron chi connectivity index (χ4n) is 1.55. The lowest BCUT2D eigenvalue weighted by Gasteiger charge is -2.20. The summed E-state index contributed by atoms with van der Waals surface area (Å²) < 4.78 is 10.5. The molecule has 0 aliphatic rings. The molecule has 0 atom stereocenters. The Balaban J connectivity index is 2.23. The summed E-state index contributed by atoms with van der Waals surface area (Å²) in [5, 5.41) is 3.98. The molecule has 0 amide bonds. The summed E-state index contributed by atoms with van der Waals surface area (Å²) in [5.74, 6) is 0.945. The fraction of sp³-hybridized carbons (Fsp3) is 0.615. The second-order valence-corrected chi connectivity index (χ2v) is 4.53. The first-order valence-corrected chi connectivity index (χ1v) is 6.65. The number of hydrogen-bond donors (Lipinski definition) is 1. The van der Waals surface area contributed by atoms with Crippen molar-refractivity contribution in [3.8, 4) is 0 Å². The van der Waals surface area contributed by atoms with Crippen LogP contribution in [0.3, 0.4) is 0 Å². The molecule has 18 heavy (non-hydrogen) atoms. The molecule has 0 aromatic carbocycles. The summed E-state index contributed by atoms with van der Waals surface area (Å²) in [6, 6.07) is 1.98. The fourth-order valence-corrected chi connectivity index (χ4v) is 1.72. The summed E-state index contributed by atoms with van der Waals surface area (Å²) in [6.07, 6.45) is 2.67. The molecular formula is C13H22N2O2S. The third kappa shape index (κ3) is 5.06. The standard InChI is InChI=1S/C13H22N2O2S/c1-4-16-8-5-7-14-13(18)15(3)10-12-6-9-17-11(12)2/h6,9H,4-5,7-8,10H2,1-3H3,(H,14,18). The molecule has 0 saturated carbocycles. The number of thiocarbonyl (C=S) groups is 1. The first-order valence-electron chi connectivity index (χ1n) is 6.24. The maximum atomic E-state index is 5.31. The van der Waals surface area contributed by atoms with E-state index in [2.05, 4.69) is 5.32 Å². The molecule has 0 unspecified atom stereocenters. The molecule has 1 N–H and O–H groups in total. The molecule has 1 heterocycles. The number of hydrogen-bond acceptors (Lipinski definition) is 3. The lowest BCUT2D eigenvalue weighted by Crippen LogP contribution is -2.37. The van der Waals surface area contributed by atoms with Crippen molar-refractivity contribution >= 4 is 17.3 Å². The smallest absolute Gasteiger partial charge is 0.168 e. The van der Waals surface area contributed by atoms with E-state index in [0.717, 1.165) is 49.2 Å². The number of rotatable bonds is 7. The highest BCUT2D eigenvalue weighted by Gasteiger charge is 2.07. The van der Waals surface area contributed by atoms with Gasteiger partial charge in [0.15, 0.2) is 5.11 Å². The van der Waals surface area contributed by atoms with Crippen molar-refractivity contribution in [2.75, 3.05) is 26.8 Å². The van der Waals surface area contributed by atoms with Crippen LogP contribution in [-0.2, 0) is 11.3 Å². The van der Waals surface area contributed by atoms with Crippen LogP contribution < -0.4 is 5.32 Å². The van der Waals surface area contributed by atoms with Crippen molar-refractivity contribution in [3.63, 3.8) is 0 Å². The number of furan rings is 1. The highest BCUT2D eigenvalue weighted by Crippen LogP contribution is 2.10. The first kappa shape index (κ1) is 15.0. The molecule has 0 aliphatic heterocycles. The topological polar surface area (TPSA) is 37.6 Å². The first-order chi connectivity index (χ1) is 8.65. The molecule has 1 aromatic heterocycles. The van der Waals surface area contributed by atoms with Gasteiger partial charge in [-0.1, -0.05) is 0 Å². The minimum Gasteiger partial charge on any atom is -0.469 e. The normalized spacial score (nSPS) is 10.4. The quantitative estimate of drug-likeness (QED) is 0.608. The van der Waals surface area contributed by atoms with Crippen LogP contribution >= 0.6 is 12.2 Å². The van der Waals surface area contributed by atoms with Gasteiger partial charge in [-0.3, -0.25) is 0 Å². The third-order valence-electron chi connectivity index (χ3n) is 2.67. The van der Waals surface area contributed by atoms with Crippen molar-refractivity contribution in [3.05, 3.63) is 23.7 Å². The summed E-state index contributed by atoms with van der Waals surface area (Å²) in [4.78, 5) is 2.01. The molecule has 0 fully saturated rings. The van der Waals surface area contributed by atoms with Crippen LogP contribution in [0.4, 0.5) is 0 Å². The second-order valence-electron chi connectivity index (χ2n) is 4.14. The zero-order chi connectivity index (χ0) is 13.4. The van der Waals surface area contributed by atoms with Crippen molar-refractivity contribution < 1.29 is 9.15 Å². The van der Waals surface area contributed by atoms with E-state index in [9.17, 15) is 0 Å². The highest BCUT2D eigenvalue weighted by molar-refractivity contribution is 7.80. The molecule has 0 saturated heterocycles. The highest BCUT2D eigenvalue weighted by atomic mass is 32.1. The lowest BCUT2D eigenvalue weighted by atomic mass is 10.2. The Morgan fingerprint density at radius 2 is 2.33 bits per heavy atom. The maximum Gasteiger partial charge on any atom is 0.168 e. The predicted octanol–water partition coefficient (Wildman–Crippen LogP) is 2.32. The lowest BCUT2D eigenvalue weighted by molar-refractivity contribution is 0.145. The van der Waals surface area contributed by atoms with Gasteiger partial charge in [0.25, 0.3) is 0 Å². The minimum atomic E-state index is 0.757. The van der Waals surface area contributed by atoms with Crippen LogP contribution in [-0.4, -0.2) is 36.8 Å². The van der Waals surface area contributed by atoms with E-state index in [1.54, 1.807) is 6.26 Å². The van der Waals surface area contributed by atoms with E-state index in [-0.39, 0.29) is 0 Å². The monoisotopic (exact) mass is 270 g/mol. The van der Waals surface area contributed by atoms with Crippen molar-refractivity contribution in [2.45, 2.75) is 26.8 Å². The van der Waals surface area contributed by atoms with Crippen LogP contribution in [0.1, 0.15) is 24.7 Å². The van der Waals surface area contributed by atoms with E-state index < -0.39 is 0 Å². The molecule has 0 bridgehead atoms. The largest absolute Gasteiger partial charge is 0.469 e. The van der Waals surface area contributed by atoms with Crippen LogP contribution in [0.15, 0.2) is 16.7 Å². The molecule has 0 aliphatic carbocycles. The Morgan fingerprint density at radius 3 is 2.94 bits per heavy atom. The van der Waals surface area contributed by atoms with Gasteiger partial charge in [0, 0.05) is 38.9 Å². The zero-order valence-electron chi connectivity index (χ0n) is 11.4. The number of nitrogens with one attached hydrogen (secondary N) is 1. The summed E-state index contributed by atoms with van der Waals surface area (Å²) in [5.41, 5.74) is 1.16. The van der Waals surface area contributed by atoms with Crippen LogP contribution in [0.2, 0.25) is 0 Å². The number of nitrogens with zero attached hydrogens (tertiary/aromatic N) is 1. The summed E-state index contributed by atoms with van der Waals surface area (Å²) in [7, 11) is 1.98. The molecule has 0 spiro atoms. The van der Waals surface area contributed by atoms with Gasteiger partial charge in [0.2, 0.25) is 0 Å². The van der Waals surface area contributed by atoms with Crippen molar-refractivity contribution in [1.82, 2.24) is 10.2 Å². The van der Waals surface area contributed by atoms with E-state index in [1.807, 2.05) is 31.9 Å². The summed E-state index contributed by atoms with van der Waals surface area (Å²) >= 11 is 5.31. The molecule has 1 rings (SSSR count). The Morgan fingerprint density at radius 1 is 1.56 bits per heavy atom. The Hall–Kier alpha value is -1.07. The van der Waals surface area contributed by atoms with Crippen molar-refractivity contribution in [2.24, 2.45) is 0 Å². The van der Waals surface area contributed by atoms with Gasteiger partial charge in [-0.15, -0.1) is 0 Å². The average molecular weight is 270 g/mol. The van der Waals surface area contributed by atoms with Gasteiger partial charge >= 0.3 is 0 Å². The Bertz CT molecular complexity index is 366. The predicted molar refractivity (Wildman–Crippen MR) is 76.6 cm³/mol. The average Bonchev–Trinajstić information content (AvgIpc) is 2.74. The second kappa shape index (κ2) is 8.11. The van der Waals surface area contributed by atoms with Crippen molar-refractivity contribution in [1.29, 1.82) is 0 Å². The van der Waals surface area contributed by atoms with E-state index in [1.165, 1.54) is 0 Å². The maximum absolute atomic E-state index is 5.31. The van der Waals surface area contributed by atoms with E-state index >= 15 is 0 Å². The van der Waals surface area contributed by atoms with E-state index in [4.69, 9.17) is 21.4 Å². The molecule has 0 radical (unpaired) electrons. The van der Waals surface area contributed by atoms with E-state index in [0.29, 0.717) is 0 Å². The van der Waals surface area contributed by atoms with Gasteiger partial charge in [0.1, 0.15) is 5.76 Å². The van der Waals surface area contributed by atoms with Gasteiger partial charge in [0.05, 0.1) is 6.26 Å². The third-order valence-corrected chi connectivity index (χ3v) is 3.12. The molecule has 4 nitrogen and oxygen atoms in total. The zero-order valence-corrected chi connectivity index (χ0v) is 12.2. The van der Waals surface area contributed by atoms with Crippen LogP contribution in [0.5, 0.6) is 0 Å². The Labute approximate surface area is 114 Å².